The number of nitrogens with zero attached hydrogens (tertiary/aromatic N) is 1. The summed E-state index contributed by atoms with van der Waals surface area (Å²) < 4.78 is 0. The zero-order chi connectivity index (χ0) is 15.1. The highest BCUT2D eigenvalue weighted by atomic mass is 32.1. The third-order valence-corrected chi connectivity index (χ3v) is 5.20. The number of fused-ring (bicyclic) bond motifs is 1. The minimum absolute atomic E-state index is 0.126. The number of hydrogen-bond acceptors (Lipinski definition) is 2. The Kier molecular flexibility index (Phi) is 6.55. The van der Waals surface area contributed by atoms with Gasteiger partial charge in [0.25, 0.3) is 0 Å². The van der Waals surface area contributed by atoms with Gasteiger partial charge in [0.05, 0.1) is 6.04 Å². The van der Waals surface area contributed by atoms with Crippen LogP contribution < -0.4 is 5.32 Å². The molecule has 3 nitrogen and oxygen atoms in total. The number of unbranched alkanes of at least 4 members (excludes halogenated alkanes) is 2. The van der Waals surface area contributed by atoms with Crippen molar-refractivity contribution in [1.82, 2.24) is 10.2 Å². The Bertz CT molecular complexity index is 436. The zero-order valence-corrected chi connectivity index (χ0v) is 14.2. The number of nitrogens with one attached hydrogen (secondary N) is 1. The Balaban J connectivity index is 1.95. The average molecular weight is 308 g/mol. The number of carbonyl (C=O) groups is 1. The highest BCUT2D eigenvalue weighted by Gasteiger charge is 2.24. The second-order valence-electron chi connectivity index (χ2n) is 5.89. The molecule has 1 atom stereocenters. The highest BCUT2D eigenvalue weighted by Crippen LogP contribution is 2.33. The van der Waals surface area contributed by atoms with Crippen molar-refractivity contribution in [2.45, 2.75) is 64.8 Å². The molecule has 1 N–H and O–H groups in total. The lowest BCUT2D eigenvalue weighted by atomic mass is 9.94. The van der Waals surface area contributed by atoms with E-state index in [-0.39, 0.29) is 12.1 Å². The van der Waals surface area contributed by atoms with Crippen LogP contribution in [0, 0.1) is 0 Å². The molecular weight excluding hydrogens is 280 g/mol. The van der Waals surface area contributed by atoms with Gasteiger partial charge in [-0.15, -0.1) is 11.3 Å². The fourth-order valence-electron chi connectivity index (χ4n) is 2.89. The Morgan fingerprint density at radius 2 is 2.05 bits per heavy atom. The number of aryl methyl sites for hydroxylation is 1. The first kappa shape index (κ1) is 16.3. The van der Waals surface area contributed by atoms with Crippen LogP contribution >= 0.6 is 11.3 Å². The maximum Gasteiger partial charge on any atom is 0.317 e. The molecule has 118 valence electrons. The normalized spacial score (nSPS) is 17.3. The fourth-order valence-corrected chi connectivity index (χ4v) is 3.88. The molecule has 1 aliphatic rings. The number of amides is 2. The van der Waals surface area contributed by atoms with Crippen LogP contribution in [0.1, 0.15) is 68.9 Å². The van der Waals surface area contributed by atoms with Gasteiger partial charge in [-0.2, -0.15) is 0 Å². The molecule has 0 spiro atoms. The molecule has 1 aromatic rings. The van der Waals surface area contributed by atoms with Gasteiger partial charge in [0, 0.05) is 18.0 Å². The van der Waals surface area contributed by atoms with Crippen molar-refractivity contribution in [3.63, 3.8) is 0 Å². The van der Waals surface area contributed by atoms with Crippen LogP contribution in [0.3, 0.4) is 0 Å². The minimum Gasteiger partial charge on any atom is -0.331 e. The summed E-state index contributed by atoms with van der Waals surface area (Å²) in [6.45, 7) is 6.11. The zero-order valence-electron chi connectivity index (χ0n) is 13.4. The smallest absolute Gasteiger partial charge is 0.317 e. The van der Waals surface area contributed by atoms with Crippen molar-refractivity contribution >= 4 is 17.4 Å². The maximum atomic E-state index is 12.6. The second-order valence-corrected chi connectivity index (χ2v) is 6.89. The van der Waals surface area contributed by atoms with Crippen LogP contribution in [-0.2, 0) is 6.42 Å². The molecule has 0 saturated heterocycles. The van der Waals surface area contributed by atoms with E-state index in [9.17, 15) is 4.79 Å². The fraction of sp³-hybridized carbons (Fsp3) is 0.706. The second kappa shape index (κ2) is 8.42. The lowest BCUT2D eigenvalue weighted by molar-refractivity contribution is 0.190. The van der Waals surface area contributed by atoms with Crippen LogP contribution in [-0.4, -0.2) is 24.0 Å². The Morgan fingerprint density at radius 1 is 1.33 bits per heavy atom. The molecule has 1 heterocycles. The molecule has 0 aromatic carbocycles. The molecule has 0 aliphatic heterocycles. The average Bonchev–Trinajstić information content (AvgIpc) is 2.97. The summed E-state index contributed by atoms with van der Waals surface area (Å²) in [6, 6.07) is 2.53. The number of urea groups is 1. The molecule has 0 bridgehead atoms. The first-order chi connectivity index (χ1) is 10.3. The van der Waals surface area contributed by atoms with Crippen LogP contribution in [0.5, 0.6) is 0 Å². The summed E-state index contributed by atoms with van der Waals surface area (Å²) in [7, 11) is 0. The van der Waals surface area contributed by atoms with Crippen LogP contribution in [0.4, 0.5) is 4.79 Å². The van der Waals surface area contributed by atoms with Gasteiger partial charge in [-0.3, -0.25) is 0 Å². The van der Waals surface area contributed by atoms with E-state index in [1.165, 1.54) is 23.3 Å². The summed E-state index contributed by atoms with van der Waals surface area (Å²) >= 11 is 1.83. The predicted molar refractivity (Wildman–Crippen MR) is 89.9 cm³/mol. The number of thiophene rings is 1. The number of rotatable bonds is 7. The monoisotopic (exact) mass is 308 g/mol. The van der Waals surface area contributed by atoms with Crippen LogP contribution in [0.2, 0.25) is 0 Å². The van der Waals surface area contributed by atoms with Crippen LogP contribution in [0.15, 0.2) is 11.4 Å². The van der Waals surface area contributed by atoms with Gasteiger partial charge in [-0.05, 0) is 49.1 Å². The van der Waals surface area contributed by atoms with Crippen molar-refractivity contribution in [2.24, 2.45) is 0 Å². The molecule has 2 rings (SSSR count). The first-order valence-electron chi connectivity index (χ1n) is 8.38. The van der Waals surface area contributed by atoms with E-state index in [4.69, 9.17) is 0 Å². The highest BCUT2D eigenvalue weighted by molar-refractivity contribution is 7.10. The topological polar surface area (TPSA) is 32.3 Å². The first-order valence-corrected chi connectivity index (χ1v) is 9.26. The SMILES string of the molecule is CCCCN(CCCC)C(=O)NC1CCCc2sccc21. The molecule has 4 heteroatoms. The molecule has 21 heavy (non-hydrogen) atoms. The maximum absolute atomic E-state index is 12.6. The summed E-state index contributed by atoms with van der Waals surface area (Å²) in [6.07, 6.45) is 7.88. The third kappa shape index (κ3) is 4.47. The van der Waals surface area contributed by atoms with Gasteiger partial charge in [0.15, 0.2) is 0 Å². The summed E-state index contributed by atoms with van der Waals surface area (Å²) in [5, 5.41) is 5.43. The lowest BCUT2D eigenvalue weighted by Gasteiger charge is -2.28. The Hall–Kier alpha value is -1.03. The lowest BCUT2D eigenvalue weighted by Crippen LogP contribution is -2.43. The van der Waals surface area contributed by atoms with E-state index in [1.54, 1.807) is 0 Å². The quantitative estimate of drug-likeness (QED) is 0.775. The molecular formula is C17H28N2OS. The summed E-state index contributed by atoms with van der Waals surface area (Å²) in [5.41, 5.74) is 1.35. The van der Waals surface area contributed by atoms with E-state index >= 15 is 0 Å². The van der Waals surface area contributed by atoms with E-state index < -0.39 is 0 Å². The number of hydrogen-bond donors (Lipinski definition) is 1. The van der Waals surface area contributed by atoms with E-state index in [0.717, 1.165) is 45.2 Å². The summed E-state index contributed by atoms with van der Waals surface area (Å²) in [5.74, 6) is 0. The number of carbonyl (C=O) groups excluding carboxylic acids is 1. The summed E-state index contributed by atoms with van der Waals surface area (Å²) in [4.78, 5) is 16.0. The Morgan fingerprint density at radius 3 is 2.71 bits per heavy atom. The predicted octanol–water partition coefficient (Wildman–Crippen LogP) is 4.74. The van der Waals surface area contributed by atoms with Gasteiger partial charge in [-0.25, -0.2) is 4.79 Å². The molecule has 1 unspecified atom stereocenters. The van der Waals surface area contributed by atoms with Crippen molar-refractivity contribution < 1.29 is 4.79 Å². The van der Waals surface area contributed by atoms with Gasteiger partial charge in [0.2, 0.25) is 0 Å². The van der Waals surface area contributed by atoms with Gasteiger partial charge in [0.1, 0.15) is 0 Å². The standard InChI is InChI=1S/C17H28N2OS/c1-3-5-11-19(12-6-4-2)17(20)18-15-8-7-9-16-14(15)10-13-21-16/h10,13,15H,3-9,11-12H2,1-2H3,(H,18,20). The van der Waals surface area contributed by atoms with Gasteiger partial charge < -0.3 is 10.2 Å². The van der Waals surface area contributed by atoms with Gasteiger partial charge in [-0.1, -0.05) is 26.7 Å². The van der Waals surface area contributed by atoms with E-state index in [2.05, 4.69) is 30.6 Å². The van der Waals surface area contributed by atoms with Crippen molar-refractivity contribution in [2.75, 3.05) is 13.1 Å². The molecule has 2 amide bonds. The van der Waals surface area contributed by atoms with Crippen molar-refractivity contribution in [3.8, 4) is 0 Å². The van der Waals surface area contributed by atoms with E-state index in [0.29, 0.717) is 0 Å². The Labute approximate surface area is 132 Å². The molecule has 1 aliphatic carbocycles. The minimum atomic E-state index is 0.126. The van der Waals surface area contributed by atoms with E-state index in [1.807, 2.05) is 16.2 Å². The van der Waals surface area contributed by atoms with Crippen LogP contribution in [0.25, 0.3) is 0 Å². The van der Waals surface area contributed by atoms with Crippen molar-refractivity contribution in [3.05, 3.63) is 21.9 Å². The molecule has 0 fully saturated rings. The van der Waals surface area contributed by atoms with Crippen molar-refractivity contribution in [1.29, 1.82) is 0 Å². The van der Waals surface area contributed by atoms with Gasteiger partial charge >= 0.3 is 6.03 Å². The largest absolute Gasteiger partial charge is 0.331 e. The third-order valence-electron chi connectivity index (χ3n) is 4.20. The molecule has 0 saturated carbocycles. The molecule has 1 aromatic heterocycles. The molecule has 0 radical (unpaired) electrons.